The fourth-order valence-electron chi connectivity index (χ4n) is 2.36. The molecule has 3 aromatic rings. The Bertz CT molecular complexity index is 897. The third-order valence-electron chi connectivity index (χ3n) is 3.46. The SMILES string of the molecule is COc1ccc2c(c1)nnn2-c1cccc(CCN[SH](=O)=O)c1. The van der Waals surface area contributed by atoms with Crippen LogP contribution >= 0.6 is 0 Å². The molecule has 0 aliphatic carbocycles. The van der Waals surface area contributed by atoms with E-state index in [1.165, 1.54) is 0 Å². The van der Waals surface area contributed by atoms with Gasteiger partial charge in [0, 0.05) is 12.6 Å². The van der Waals surface area contributed by atoms with Crippen molar-refractivity contribution in [3.05, 3.63) is 48.0 Å². The minimum atomic E-state index is -2.56. The van der Waals surface area contributed by atoms with E-state index in [4.69, 9.17) is 4.74 Å². The van der Waals surface area contributed by atoms with Gasteiger partial charge in [0.25, 0.3) is 0 Å². The summed E-state index contributed by atoms with van der Waals surface area (Å²) in [5.74, 6) is 0.732. The molecule has 0 bridgehead atoms. The number of aromatic nitrogens is 3. The second kappa shape index (κ2) is 6.76. The second-order valence-electron chi connectivity index (χ2n) is 4.94. The number of fused-ring (bicyclic) bond motifs is 1. The Kier molecular flexibility index (Phi) is 4.54. The van der Waals surface area contributed by atoms with Gasteiger partial charge in [-0.3, -0.25) is 0 Å². The molecule has 0 atom stereocenters. The second-order valence-corrected chi connectivity index (χ2v) is 5.77. The van der Waals surface area contributed by atoms with Crippen LogP contribution in [-0.2, 0) is 17.3 Å². The quantitative estimate of drug-likeness (QED) is 0.660. The molecule has 0 saturated heterocycles. The van der Waals surface area contributed by atoms with E-state index >= 15 is 0 Å². The maximum atomic E-state index is 10.5. The normalized spacial score (nSPS) is 11.2. The van der Waals surface area contributed by atoms with E-state index in [2.05, 4.69) is 15.0 Å². The first kappa shape index (κ1) is 15.4. The topological polar surface area (TPSA) is 86.1 Å². The van der Waals surface area contributed by atoms with Crippen molar-refractivity contribution in [1.82, 2.24) is 19.7 Å². The number of ether oxygens (including phenoxy) is 1. The number of nitrogens with one attached hydrogen (secondary N) is 1. The van der Waals surface area contributed by atoms with Gasteiger partial charge in [0.05, 0.1) is 18.3 Å². The Morgan fingerprint density at radius 3 is 2.87 bits per heavy atom. The lowest BCUT2D eigenvalue weighted by atomic mass is 10.1. The molecule has 2 aromatic carbocycles. The fraction of sp³-hybridized carbons (Fsp3) is 0.200. The first-order valence-electron chi connectivity index (χ1n) is 7.04. The molecule has 0 radical (unpaired) electrons. The summed E-state index contributed by atoms with van der Waals surface area (Å²) in [4.78, 5) is 0. The molecule has 0 aliphatic heterocycles. The van der Waals surface area contributed by atoms with Crippen LogP contribution in [0.15, 0.2) is 42.5 Å². The Morgan fingerprint density at radius 1 is 1.22 bits per heavy atom. The van der Waals surface area contributed by atoms with Gasteiger partial charge < -0.3 is 4.74 Å². The molecule has 0 saturated carbocycles. The molecule has 7 nitrogen and oxygen atoms in total. The summed E-state index contributed by atoms with van der Waals surface area (Å²) in [7, 11) is -0.949. The van der Waals surface area contributed by atoms with Crippen LogP contribution < -0.4 is 9.46 Å². The van der Waals surface area contributed by atoms with Gasteiger partial charge in [-0.25, -0.2) is 17.8 Å². The summed E-state index contributed by atoms with van der Waals surface area (Å²) >= 11 is 0. The van der Waals surface area contributed by atoms with Crippen molar-refractivity contribution >= 4 is 21.9 Å². The number of thiol groups is 1. The van der Waals surface area contributed by atoms with Gasteiger partial charge >= 0.3 is 0 Å². The van der Waals surface area contributed by atoms with E-state index in [1.807, 2.05) is 42.5 Å². The highest BCUT2D eigenvalue weighted by Gasteiger charge is 2.08. The summed E-state index contributed by atoms with van der Waals surface area (Å²) < 4.78 is 30.4. The molecule has 120 valence electrons. The van der Waals surface area contributed by atoms with Crippen molar-refractivity contribution in [3.63, 3.8) is 0 Å². The Hall–Kier alpha value is -2.45. The molecule has 0 amide bonds. The van der Waals surface area contributed by atoms with Crippen molar-refractivity contribution in [2.75, 3.05) is 13.7 Å². The lowest BCUT2D eigenvalue weighted by Crippen LogP contribution is -2.14. The number of benzene rings is 2. The molecule has 3 rings (SSSR count). The predicted molar refractivity (Wildman–Crippen MR) is 87.4 cm³/mol. The molecular formula is C15H16N4O3S. The standard InChI is InChI=1S/C15H16N4O3S/c1-22-13-5-6-15-14(10-13)17-18-19(15)12-4-2-3-11(9-12)7-8-16-23(20)21/h2-6,9-10,23H,7-8H2,1H3,(H,16,20,21). The average molecular weight is 332 g/mol. The monoisotopic (exact) mass is 332 g/mol. The number of nitrogens with zero attached hydrogens (tertiary/aromatic N) is 3. The Morgan fingerprint density at radius 2 is 2.09 bits per heavy atom. The largest absolute Gasteiger partial charge is 0.497 e. The van der Waals surface area contributed by atoms with Crippen molar-refractivity contribution in [2.24, 2.45) is 0 Å². The number of rotatable bonds is 6. The number of hydrogen-bond acceptors (Lipinski definition) is 5. The Labute approximate surface area is 135 Å². The summed E-state index contributed by atoms with van der Waals surface area (Å²) in [6, 6.07) is 13.4. The average Bonchev–Trinajstić information content (AvgIpc) is 2.97. The summed E-state index contributed by atoms with van der Waals surface area (Å²) in [6.07, 6.45) is 0.609. The van der Waals surface area contributed by atoms with Gasteiger partial charge in [0.15, 0.2) is 0 Å². The van der Waals surface area contributed by atoms with E-state index in [9.17, 15) is 8.42 Å². The zero-order chi connectivity index (χ0) is 16.2. The van der Waals surface area contributed by atoms with E-state index in [0.29, 0.717) is 13.0 Å². The van der Waals surface area contributed by atoms with E-state index in [-0.39, 0.29) is 0 Å². The fourth-order valence-corrected chi connectivity index (χ4v) is 2.65. The van der Waals surface area contributed by atoms with Crippen LogP contribution in [0.3, 0.4) is 0 Å². The molecular weight excluding hydrogens is 316 g/mol. The van der Waals surface area contributed by atoms with E-state index in [1.54, 1.807) is 11.8 Å². The summed E-state index contributed by atoms with van der Waals surface area (Å²) in [6.45, 7) is 0.372. The van der Waals surface area contributed by atoms with E-state index in [0.717, 1.165) is 28.0 Å². The lowest BCUT2D eigenvalue weighted by Gasteiger charge is -2.06. The van der Waals surface area contributed by atoms with Crippen molar-refractivity contribution in [3.8, 4) is 11.4 Å². The maximum absolute atomic E-state index is 10.5. The zero-order valence-electron chi connectivity index (χ0n) is 12.5. The first-order chi connectivity index (χ1) is 11.2. The lowest BCUT2D eigenvalue weighted by molar-refractivity contribution is 0.415. The van der Waals surface area contributed by atoms with Crippen molar-refractivity contribution in [1.29, 1.82) is 0 Å². The van der Waals surface area contributed by atoms with Gasteiger partial charge in [0.1, 0.15) is 11.3 Å². The van der Waals surface area contributed by atoms with Gasteiger partial charge in [0.2, 0.25) is 10.9 Å². The zero-order valence-corrected chi connectivity index (χ0v) is 13.4. The van der Waals surface area contributed by atoms with Crippen LogP contribution in [0.1, 0.15) is 5.56 Å². The highest BCUT2D eigenvalue weighted by molar-refractivity contribution is 7.70. The van der Waals surface area contributed by atoms with Crippen LogP contribution in [0.5, 0.6) is 5.75 Å². The number of methoxy groups -OCH3 is 1. The van der Waals surface area contributed by atoms with Crippen LogP contribution in [-0.4, -0.2) is 37.1 Å². The van der Waals surface area contributed by atoms with Gasteiger partial charge in [-0.1, -0.05) is 17.3 Å². The highest BCUT2D eigenvalue weighted by Crippen LogP contribution is 2.21. The highest BCUT2D eigenvalue weighted by atomic mass is 32.2. The van der Waals surface area contributed by atoms with Crippen molar-refractivity contribution in [2.45, 2.75) is 6.42 Å². The van der Waals surface area contributed by atoms with Crippen LogP contribution in [0, 0.1) is 0 Å². The molecule has 1 aromatic heterocycles. The smallest absolute Gasteiger partial charge is 0.201 e. The molecule has 1 heterocycles. The minimum absolute atomic E-state index is 0.372. The predicted octanol–water partition coefficient (Wildman–Crippen LogP) is 1.09. The van der Waals surface area contributed by atoms with Crippen LogP contribution in [0.2, 0.25) is 0 Å². The third-order valence-corrected chi connectivity index (χ3v) is 3.94. The van der Waals surface area contributed by atoms with E-state index < -0.39 is 10.9 Å². The van der Waals surface area contributed by atoms with Gasteiger partial charge in [-0.2, -0.15) is 0 Å². The minimum Gasteiger partial charge on any atom is -0.497 e. The van der Waals surface area contributed by atoms with Crippen molar-refractivity contribution < 1.29 is 13.2 Å². The van der Waals surface area contributed by atoms with Gasteiger partial charge in [-0.15, -0.1) is 5.10 Å². The maximum Gasteiger partial charge on any atom is 0.201 e. The Balaban J connectivity index is 1.89. The first-order valence-corrected chi connectivity index (χ1v) is 8.22. The molecule has 0 aliphatic rings. The molecule has 0 unspecified atom stereocenters. The van der Waals surface area contributed by atoms with Crippen LogP contribution in [0.4, 0.5) is 0 Å². The molecule has 8 heteroatoms. The number of hydrogen-bond donors (Lipinski definition) is 2. The summed E-state index contributed by atoms with van der Waals surface area (Å²) in [5.41, 5.74) is 3.52. The molecule has 23 heavy (non-hydrogen) atoms. The molecule has 1 N–H and O–H groups in total. The van der Waals surface area contributed by atoms with Crippen LogP contribution in [0.25, 0.3) is 16.7 Å². The summed E-state index contributed by atoms with van der Waals surface area (Å²) in [5, 5.41) is 8.35. The molecule has 0 fully saturated rings. The third kappa shape index (κ3) is 3.49. The van der Waals surface area contributed by atoms with Gasteiger partial charge in [-0.05, 0) is 36.2 Å². The molecule has 0 spiro atoms.